The van der Waals surface area contributed by atoms with Crippen LogP contribution in [0, 0.1) is 0 Å². The molecule has 0 saturated carbocycles. The first-order chi connectivity index (χ1) is 9.54. The lowest BCUT2D eigenvalue weighted by atomic mass is 10.3. The quantitative estimate of drug-likeness (QED) is 0.670. The maximum atomic E-state index is 11.8. The Morgan fingerprint density at radius 3 is 2.65 bits per heavy atom. The number of carbonyl (C=O) groups is 2. The number of halogens is 1. The summed E-state index contributed by atoms with van der Waals surface area (Å²) >= 11 is 5.94. The predicted octanol–water partition coefficient (Wildman–Crippen LogP) is 2.87. The Labute approximate surface area is 123 Å². The maximum Gasteiger partial charge on any atom is 0.246 e. The number of para-hydroxylation sites is 1. The number of carbonyl (C=O) groups excluding carboxylic acids is 2. The fraction of sp³-hybridized carbons (Fsp3) is 0.200. The zero-order valence-corrected chi connectivity index (χ0v) is 12.2. The third kappa shape index (κ3) is 5.28. The number of benzene rings is 1. The van der Waals surface area contributed by atoms with E-state index in [4.69, 9.17) is 11.6 Å². The Morgan fingerprint density at radius 1 is 1.30 bits per heavy atom. The number of likely N-dealkylation sites (N-methyl/N-ethyl adjacent to an activating group) is 1. The van der Waals surface area contributed by atoms with Gasteiger partial charge in [-0.15, -0.1) is 0 Å². The van der Waals surface area contributed by atoms with Crippen LogP contribution >= 0.6 is 11.6 Å². The van der Waals surface area contributed by atoms with Crippen molar-refractivity contribution in [1.29, 1.82) is 0 Å². The summed E-state index contributed by atoms with van der Waals surface area (Å²) in [6.45, 7) is 1.82. The predicted molar refractivity (Wildman–Crippen MR) is 81.7 cm³/mol. The summed E-state index contributed by atoms with van der Waals surface area (Å²) in [5.74, 6) is -0.536. The number of rotatable bonds is 5. The molecule has 20 heavy (non-hydrogen) atoms. The van der Waals surface area contributed by atoms with Gasteiger partial charge in [0, 0.05) is 13.1 Å². The number of amides is 2. The third-order valence-electron chi connectivity index (χ3n) is 2.45. The Hall–Kier alpha value is -2.07. The molecule has 4 nitrogen and oxygen atoms in total. The van der Waals surface area contributed by atoms with Crippen molar-refractivity contribution < 1.29 is 9.59 Å². The summed E-state index contributed by atoms with van der Waals surface area (Å²) in [5, 5.41) is 3.12. The summed E-state index contributed by atoms with van der Waals surface area (Å²) in [7, 11) is 1.56. The normalized spacial score (nSPS) is 10.9. The van der Waals surface area contributed by atoms with E-state index in [0.29, 0.717) is 10.7 Å². The fourth-order valence-electron chi connectivity index (χ4n) is 1.42. The summed E-state index contributed by atoms with van der Waals surface area (Å²) in [6, 6.07) is 6.94. The molecule has 0 aliphatic rings. The number of allylic oxidation sites excluding steroid dienone is 3. The highest BCUT2D eigenvalue weighted by Gasteiger charge is 2.11. The molecule has 0 aliphatic heterocycles. The van der Waals surface area contributed by atoms with Crippen LogP contribution in [-0.2, 0) is 9.59 Å². The largest absolute Gasteiger partial charge is 0.333 e. The molecule has 0 fully saturated rings. The van der Waals surface area contributed by atoms with Crippen LogP contribution < -0.4 is 5.32 Å². The van der Waals surface area contributed by atoms with Crippen LogP contribution in [0.2, 0.25) is 5.02 Å². The second kappa shape index (κ2) is 8.17. The van der Waals surface area contributed by atoms with Gasteiger partial charge in [0.25, 0.3) is 0 Å². The van der Waals surface area contributed by atoms with Gasteiger partial charge in [-0.2, -0.15) is 0 Å². The Balaban J connectivity index is 2.54. The molecule has 0 spiro atoms. The van der Waals surface area contributed by atoms with E-state index in [1.807, 2.05) is 13.0 Å². The molecule has 0 atom stereocenters. The van der Waals surface area contributed by atoms with Crippen molar-refractivity contribution in [2.75, 3.05) is 18.9 Å². The number of hydrogen-bond donors (Lipinski definition) is 1. The lowest BCUT2D eigenvalue weighted by Crippen LogP contribution is -2.33. The second-order valence-corrected chi connectivity index (χ2v) is 4.51. The van der Waals surface area contributed by atoms with E-state index in [9.17, 15) is 9.59 Å². The summed E-state index contributed by atoms with van der Waals surface area (Å²) < 4.78 is 0. The van der Waals surface area contributed by atoms with Gasteiger partial charge in [-0.1, -0.05) is 42.0 Å². The van der Waals surface area contributed by atoms with Gasteiger partial charge >= 0.3 is 0 Å². The fourth-order valence-corrected chi connectivity index (χ4v) is 1.60. The van der Waals surface area contributed by atoms with Crippen molar-refractivity contribution in [3.63, 3.8) is 0 Å². The second-order valence-electron chi connectivity index (χ2n) is 4.11. The molecule has 1 aromatic carbocycles. The van der Waals surface area contributed by atoms with Gasteiger partial charge in [-0.05, 0) is 19.1 Å². The lowest BCUT2D eigenvalue weighted by Gasteiger charge is -2.15. The van der Waals surface area contributed by atoms with Gasteiger partial charge in [0.15, 0.2) is 0 Å². The van der Waals surface area contributed by atoms with Crippen molar-refractivity contribution >= 4 is 29.1 Å². The highest BCUT2D eigenvalue weighted by Crippen LogP contribution is 2.20. The molecule has 1 rings (SSSR count). The van der Waals surface area contributed by atoms with Gasteiger partial charge in [-0.25, -0.2) is 0 Å². The van der Waals surface area contributed by atoms with E-state index in [-0.39, 0.29) is 18.4 Å². The topological polar surface area (TPSA) is 49.4 Å². The molecule has 0 radical (unpaired) electrons. The van der Waals surface area contributed by atoms with Crippen molar-refractivity contribution in [2.45, 2.75) is 6.92 Å². The zero-order chi connectivity index (χ0) is 15.0. The summed E-state index contributed by atoms with van der Waals surface area (Å²) in [5.41, 5.74) is 0.532. The molecular formula is C15H17ClN2O2. The van der Waals surface area contributed by atoms with Crippen molar-refractivity contribution in [3.8, 4) is 0 Å². The standard InChI is InChI=1S/C15H17ClN2O2/c1-3-4-5-10-15(20)18(2)11-14(19)17-13-9-7-6-8-12(13)16/h3-10H,11H2,1-2H3,(H,17,19)/b4-3+,10-5+. The van der Waals surface area contributed by atoms with Crippen molar-refractivity contribution in [3.05, 3.63) is 53.6 Å². The number of nitrogens with one attached hydrogen (secondary N) is 1. The molecular weight excluding hydrogens is 276 g/mol. The SMILES string of the molecule is C/C=C/C=C/C(=O)N(C)CC(=O)Nc1ccccc1Cl. The van der Waals surface area contributed by atoms with Crippen LogP contribution in [0.1, 0.15) is 6.92 Å². The minimum atomic E-state index is -0.298. The van der Waals surface area contributed by atoms with Crippen LogP contribution in [0.15, 0.2) is 48.6 Å². The molecule has 0 unspecified atom stereocenters. The Bertz CT molecular complexity index is 538. The first-order valence-electron chi connectivity index (χ1n) is 6.13. The Kier molecular flexibility index (Phi) is 6.53. The average Bonchev–Trinajstić information content (AvgIpc) is 2.41. The third-order valence-corrected chi connectivity index (χ3v) is 2.78. The summed E-state index contributed by atoms with van der Waals surface area (Å²) in [6.07, 6.45) is 6.59. The number of nitrogens with zero attached hydrogens (tertiary/aromatic N) is 1. The lowest BCUT2D eigenvalue weighted by molar-refractivity contribution is -0.129. The molecule has 1 N–H and O–H groups in total. The smallest absolute Gasteiger partial charge is 0.246 e. The first kappa shape index (κ1) is 16.0. The van der Waals surface area contributed by atoms with Gasteiger partial charge in [-0.3, -0.25) is 9.59 Å². The van der Waals surface area contributed by atoms with E-state index >= 15 is 0 Å². The molecule has 0 saturated heterocycles. The van der Waals surface area contributed by atoms with E-state index < -0.39 is 0 Å². The van der Waals surface area contributed by atoms with E-state index in [0.717, 1.165) is 0 Å². The van der Waals surface area contributed by atoms with Crippen molar-refractivity contribution in [1.82, 2.24) is 4.90 Å². The Morgan fingerprint density at radius 2 is 2.00 bits per heavy atom. The number of anilines is 1. The zero-order valence-electron chi connectivity index (χ0n) is 11.5. The highest BCUT2D eigenvalue weighted by atomic mass is 35.5. The number of hydrogen-bond acceptors (Lipinski definition) is 2. The van der Waals surface area contributed by atoms with Crippen LogP contribution in [0.5, 0.6) is 0 Å². The van der Waals surface area contributed by atoms with Crippen molar-refractivity contribution in [2.24, 2.45) is 0 Å². The van der Waals surface area contributed by atoms with Gasteiger partial charge in [0.1, 0.15) is 0 Å². The van der Waals surface area contributed by atoms with Gasteiger partial charge in [0.2, 0.25) is 11.8 Å². The van der Waals surface area contributed by atoms with E-state index in [1.54, 1.807) is 43.5 Å². The molecule has 0 heterocycles. The molecule has 106 valence electrons. The molecule has 1 aromatic rings. The minimum Gasteiger partial charge on any atom is -0.333 e. The first-order valence-corrected chi connectivity index (χ1v) is 6.51. The van der Waals surface area contributed by atoms with Gasteiger partial charge < -0.3 is 10.2 Å². The molecule has 5 heteroatoms. The molecule has 2 amide bonds. The monoisotopic (exact) mass is 292 g/mol. The van der Waals surface area contributed by atoms with E-state index in [1.165, 1.54) is 11.0 Å². The summed E-state index contributed by atoms with van der Waals surface area (Å²) in [4.78, 5) is 24.8. The van der Waals surface area contributed by atoms with Gasteiger partial charge in [0.05, 0.1) is 17.3 Å². The minimum absolute atomic E-state index is 0.0375. The average molecular weight is 293 g/mol. The molecule has 0 aliphatic carbocycles. The van der Waals surface area contributed by atoms with E-state index in [2.05, 4.69) is 5.32 Å². The van der Waals surface area contributed by atoms with Crippen LogP contribution in [0.25, 0.3) is 0 Å². The highest BCUT2D eigenvalue weighted by molar-refractivity contribution is 6.33. The van der Waals surface area contributed by atoms with Crippen LogP contribution in [0.4, 0.5) is 5.69 Å². The molecule has 0 bridgehead atoms. The maximum absolute atomic E-state index is 11.8. The molecule has 0 aromatic heterocycles. The van der Waals surface area contributed by atoms with Crippen LogP contribution in [-0.4, -0.2) is 30.3 Å². The van der Waals surface area contributed by atoms with Crippen LogP contribution in [0.3, 0.4) is 0 Å².